The Morgan fingerprint density at radius 2 is 1.89 bits per heavy atom. The van der Waals surface area contributed by atoms with Gasteiger partial charge in [0.25, 0.3) is 0 Å². The second-order valence-corrected chi connectivity index (χ2v) is 5.64. The maximum Gasteiger partial charge on any atom is 0.239 e. The fourth-order valence-electron chi connectivity index (χ4n) is 3.01. The zero-order valence-corrected chi connectivity index (χ0v) is 10.7. The van der Waals surface area contributed by atoms with Gasteiger partial charge in [-0.05, 0) is 5.41 Å². The summed E-state index contributed by atoms with van der Waals surface area (Å²) < 4.78 is 1.58. The number of aromatic nitrogens is 2. The molecule has 2 unspecified atom stereocenters. The van der Waals surface area contributed by atoms with Gasteiger partial charge in [0.2, 0.25) is 11.8 Å². The molecule has 6 heteroatoms. The molecule has 2 atom stereocenters. The van der Waals surface area contributed by atoms with Crippen molar-refractivity contribution >= 4 is 17.6 Å². The molecule has 0 spiro atoms. The van der Waals surface area contributed by atoms with Crippen LogP contribution in [-0.4, -0.2) is 21.6 Å². The molecule has 0 radical (unpaired) electrons. The second kappa shape index (κ2) is 3.20. The van der Waals surface area contributed by atoms with E-state index in [1.807, 2.05) is 13.8 Å². The van der Waals surface area contributed by atoms with Crippen LogP contribution in [0.15, 0.2) is 6.20 Å². The molecule has 3 rings (SSSR count). The number of imide groups is 1. The summed E-state index contributed by atoms with van der Waals surface area (Å²) in [6.07, 6.45) is 1.74. The lowest BCUT2D eigenvalue weighted by Gasteiger charge is -2.19. The van der Waals surface area contributed by atoms with Crippen molar-refractivity contribution in [3.63, 3.8) is 0 Å². The van der Waals surface area contributed by atoms with Gasteiger partial charge in [0.15, 0.2) is 5.82 Å². The molecule has 2 aliphatic rings. The molecule has 1 aromatic heterocycles. The van der Waals surface area contributed by atoms with Gasteiger partial charge in [-0.15, -0.1) is 0 Å². The number of nitrogens with two attached hydrogens (primary N) is 1. The first-order valence-corrected chi connectivity index (χ1v) is 6.00. The number of aryl methyl sites for hydroxylation is 1. The van der Waals surface area contributed by atoms with Crippen LogP contribution < -0.4 is 10.6 Å². The van der Waals surface area contributed by atoms with Gasteiger partial charge in [0.1, 0.15) is 0 Å². The van der Waals surface area contributed by atoms with E-state index in [-0.39, 0.29) is 35.6 Å². The minimum atomic E-state index is -0.192. The number of carbonyl (C=O) groups excluding carboxylic acids is 2. The van der Waals surface area contributed by atoms with Gasteiger partial charge >= 0.3 is 0 Å². The van der Waals surface area contributed by atoms with E-state index in [9.17, 15) is 9.59 Å². The number of rotatable bonds is 2. The minimum absolute atomic E-state index is 0.136. The van der Waals surface area contributed by atoms with Crippen LogP contribution in [0.4, 0.5) is 5.82 Å². The Bertz CT molecular complexity index is 536. The molecule has 2 fully saturated rings. The summed E-state index contributed by atoms with van der Waals surface area (Å²) in [5.74, 6) is -0.236. The van der Waals surface area contributed by atoms with Crippen molar-refractivity contribution in [3.05, 3.63) is 11.8 Å². The molecule has 1 saturated carbocycles. The molecular weight excluding hydrogens is 232 g/mol. The number of amides is 2. The highest BCUT2D eigenvalue weighted by Gasteiger charge is 2.73. The summed E-state index contributed by atoms with van der Waals surface area (Å²) in [7, 11) is 1.75. The molecule has 96 valence electrons. The number of hydrogen-bond acceptors (Lipinski definition) is 4. The number of hydrogen-bond donors (Lipinski definition) is 1. The van der Waals surface area contributed by atoms with Gasteiger partial charge in [-0.25, -0.2) is 4.90 Å². The van der Waals surface area contributed by atoms with Crippen molar-refractivity contribution in [1.29, 1.82) is 0 Å². The zero-order chi connectivity index (χ0) is 13.2. The summed E-state index contributed by atoms with van der Waals surface area (Å²) in [6, 6.07) is 0. The largest absolute Gasteiger partial charge is 0.326 e. The standard InChI is InChI=1S/C12H16N4O2/c1-12(2)7-8(12)11(18)16(10(7)17)9-6(4-13)5-15(3)14-9/h5,7-8H,4,13H2,1-3H3. The van der Waals surface area contributed by atoms with Crippen molar-refractivity contribution in [2.24, 2.45) is 30.0 Å². The van der Waals surface area contributed by atoms with E-state index in [4.69, 9.17) is 5.73 Å². The van der Waals surface area contributed by atoms with Crippen LogP contribution in [0.1, 0.15) is 19.4 Å². The molecule has 0 aromatic carbocycles. The van der Waals surface area contributed by atoms with Gasteiger partial charge in [-0.3, -0.25) is 14.3 Å². The number of carbonyl (C=O) groups is 2. The highest BCUT2D eigenvalue weighted by atomic mass is 16.2. The monoisotopic (exact) mass is 248 g/mol. The quantitative estimate of drug-likeness (QED) is 0.748. The fourth-order valence-corrected chi connectivity index (χ4v) is 3.01. The van der Waals surface area contributed by atoms with E-state index in [2.05, 4.69) is 5.10 Å². The number of nitrogens with zero attached hydrogens (tertiary/aromatic N) is 3. The third-order valence-corrected chi connectivity index (χ3v) is 4.11. The first-order valence-electron chi connectivity index (χ1n) is 6.00. The van der Waals surface area contributed by atoms with Crippen molar-refractivity contribution < 1.29 is 9.59 Å². The van der Waals surface area contributed by atoms with E-state index in [0.717, 1.165) is 5.56 Å². The number of fused-ring (bicyclic) bond motifs is 1. The highest BCUT2D eigenvalue weighted by Crippen LogP contribution is 2.63. The third kappa shape index (κ3) is 1.18. The predicted molar refractivity (Wildman–Crippen MR) is 64.4 cm³/mol. The molecule has 1 aliphatic heterocycles. The molecule has 1 aliphatic carbocycles. The van der Waals surface area contributed by atoms with E-state index >= 15 is 0 Å². The van der Waals surface area contributed by atoms with Crippen molar-refractivity contribution in [1.82, 2.24) is 9.78 Å². The Balaban J connectivity index is 2.00. The van der Waals surface area contributed by atoms with Crippen LogP contribution in [0.2, 0.25) is 0 Å². The molecule has 2 heterocycles. The molecule has 18 heavy (non-hydrogen) atoms. The second-order valence-electron chi connectivity index (χ2n) is 5.64. The summed E-state index contributed by atoms with van der Waals surface area (Å²) >= 11 is 0. The normalized spacial score (nSPS) is 28.8. The zero-order valence-electron chi connectivity index (χ0n) is 10.7. The van der Waals surface area contributed by atoms with E-state index < -0.39 is 0 Å². The Labute approximate surface area is 105 Å². The molecule has 6 nitrogen and oxygen atoms in total. The van der Waals surface area contributed by atoms with E-state index in [1.165, 1.54) is 4.90 Å². The van der Waals surface area contributed by atoms with Crippen LogP contribution in [-0.2, 0) is 23.2 Å². The van der Waals surface area contributed by atoms with Crippen molar-refractivity contribution in [3.8, 4) is 0 Å². The summed E-state index contributed by atoms with van der Waals surface area (Å²) in [4.78, 5) is 25.7. The lowest BCUT2D eigenvalue weighted by Crippen LogP contribution is -2.37. The van der Waals surface area contributed by atoms with Crippen LogP contribution in [0.3, 0.4) is 0 Å². The minimum Gasteiger partial charge on any atom is -0.326 e. The fraction of sp³-hybridized carbons (Fsp3) is 0.583. The molecule has 1 saturated heterocycles. The summed E-state index contributed by atoms with van der Waals surface area (Å²) in [5.41, 5.74) is 6.15. The first-order chi connectivity index (χ1) is 8.39. The molecule has 1 aromatic rings. The maximum atomic E-state index is 12.3. The van der Waals surface area contributed by atoms with Gasteiger partial charge in [0.05, 0.1) is 11.8 Å². The smallest absolute Gasteiger partial charge is 0.239 e. The van der Waals surface area contributed by atoms with Gasteiger partial charge in [-0.1, -0.05) is 13.8 Å². The predicted octanol–water partition coefficient (Wildman–Crippen LogP) is 0.0242. The van der Waals surface area contributed by atoms with Gasteiger partial charge < -0.3 is 5.73 Å². The molecule has 0 bridgehead atoms. The maximum absolute atomic E-state index is 12.3. The Morgan fingerprint density at radius 3 is 2.39 bits per heavy atom. The topological polar surface area (TPSA) is 81.2 Å². The molecule has 2 N–H and O–H groups in total. The number of piperidine rings is 1. The summed E-state index contributed by atoms with van der Waals surface area (Å²) in [6.45, 7) is 4.18. The first kappa shape index (κ1) is 11.4. The number of anilines is 1. The van der Waals surface area contributed by atoms with Crippen molar-refractivity contribution in [2.45, 2.75) is 20.4 Å². The Hall–Kier alpha value is -1.69. The van der Waals surface area contributed by atoms with Gasteiger partial charge in [-0.2, -0.15) is 5.10 Å². The SMILES string of the molecule is Cn1cc(CN)c(N2C(=O)C3C(C2=O)C3(C)C)n1. The van der Waals surface area contributed by atoms with Crippen molar-refractivity contribution in [2.75, 3.05) is 4.90 Å². The van der Waals surface area contributed by atoms with E-state index in [1.54, 1.807) is 17.9 Å². The third-order valence-electron chi connectivity index (χ3n) is 4.11. The van der Waals surface area contributed by atoms with Crippen LogP contribution in [0, 0.1) is 17.3 Å². The average Bonchev–Trinajstić information content (AvgIpc) is 2.55. The van der Waals surface area contributed by atoms with E-state index in [0.29, 0.717) is 5.82 Å². The van der Waals surface area contributed by atoms with Gasteiger partial charge in [0, 0.05) is 25.4 Å². The lowest BCUT2D eigenvalue weighted by molar-refractivity contribution is -0.125. The average molecular weight is 248 g/mol. The Morgan fingerprint density at radius 1 is 1.33 bits per heavy atom. The lowest BCUT2D eigenvalue weighted by atomic mass is 10.1. The molecule has 2 amide bonds. The molecular formula is C12H16N4O2. The van der Waals surface area contributed by atoms with Crippen LogP contribution >= 0.6 is 0 Å². The highest BCUT2D eigenvalue weighted by molar-refractivity contribution is 6.25. The van der Waals surface area contributed by atoms with Crippen LogP contribution in [0.5, 0.6) is 0 Å². The van der Waals surface area contributed by atoms with Crippen LogP contribution in [0.25, 0.3) is 0 Å². The summed E-state index contributed by atoms with van der Waals surface area (Å²) in [5, 5.41) is 4.19. The Kier molecular flexibility index (Phi) is 2.03.